The predicted molar refractivity (Wildman–Crippen MR) is 97.3 cm³/mol. The van der Waals surface area contributed by atoms with Gasteiger partial charge in [0, 0.05) is 23.8 Å². The first-order valence-corrected chi connectivity index (χ1v) is 8.41. The van der Waals surface area contributed by atoms with Crippen LogP contribution in [0.25, 0.3) is 0 Å². The van der Waals surface area contributed by atoms with E-state index >= 15 is 0 Å². The molecule has 1 unspecified atom stereocenters. The van der Waals surface area contributed by atoms with Crippen LogP contribution in [-0.4, -0.2) is 43.0 Å². The smallest absolute Gasteiger partial charge is 0.258 e. The molecule has 1 aliphatic rings. The summed E-state index contributed by atoms with van der Waals surface area (Å²) in [5, 5.41) is 0.620. The highest BCUT2D eigenvalue weighted by atomic mass is 35.5. The molecule has 3 rings (SSSR count). The van der Waals surface area contributed by atoms with Crippen LogP contribution in [0.1, 0.15) is 17.3 Å². The van der Waals surface area contributed by atoms with Crippen molar-refractivity contribution in [3.05, 3.63) is 59.1 Å². The number of carbonyl (C=O) groups excluding carboxylic acids is 2. The number of carbonyl (C=O) groups is 2. The van der Waals surface area contributed by atoms with Crippen LogP contribution in [0.2, 0.25) is 5.02 Å². The van der Waals surface area contributed by atoms with E-state index in [9.17, 15) is 9.59 Å². The van der Waals surface area contributed by atoms with Crippen LogP contribution in [0.3, 0.4) is 0 Å². The molecule has 2 amide bonds. The molecule has 1 saturated heterocycles. The fourth-order valence-electron chi connectivity index (χ4n) is 3.00. The molecule has 0 radical (unpaired) electrons. The van der Waals surface area contributed by atoms with Crippen molar-refractivity contribution in [3.8, 4) is 5.75 Å². The summed E-state index contributed by atoms with van der Waals surface area (Å²) >= 11 is 5.91. The Balaban J connectivity index is 1.81. The Morgan fingerprint density at radius 1 is 1.12 bits per heavy atom. The molecule has 0 aromatic heterocycles. The van der Waals surface area contributed by atoms with E-state index in [1.54, 1.807) is 47.1 Å². The number of nitrogens with zero attached hydrogens (tertiary/aromatic N) is 2. The van der Waals surface area contributed by atoms with Crippen LogP contribution in [-0.2, 0) is 4.79 Å². The topological polar surface area (TPSA) is 49.9 Å². The summed E-state index contributed by atoms with van der Waals surface area (Å²) in [6.45, 7) is 2.63. The molecule has 6 heteroatoms. The lowest BCUT2D eigenvalue weighted by Gasteiger charge is -2.39. The van der Waals surface area contributed by atoms with Gasteiger partial charge in [-0.05, 0) is 43.3 Å². The van der Waals surface area contributed by atoms with Gasteiger partial charge in [-0.2, -0.15) is 0 Å². The van der Waals surface area contributed by atoms with E-state index < -0.39 is 6.04 Å². The summed E-state index contributed by atoms with van der Waals surface area (Å²) in [4.78, 5) is 28.9. The third-order valence-electron chi connectivity index (χ3n) is 4.39. The van der Waals surface area contributed by atoms with Gasteiger partial charge in [-0.25, -0.2) is 0 Å². The Hall–Kier alpha value is -2.53. The van der Waals surface area contributed by atoms with Gasteiger partial charge in [-0.15, -0.1) is 0 Å². The average Bonchev–Trinajstić information content (AvgIpc) is 2.64. The molecule has 1 aliphatic heterocycles. The average molecular weight is 359 g/mol. The second kappa shape index (κ2) is 7.15. The Morgan fingerprint density at radius 3 is 2.48 bits per heavy atom. The number of hydrogen-bond acceptors (Lipinski definition) is 3. The number of methoxy groups -OCH3 is 1. The van der Waals surface area contributed by atoms with Crippen molar-refractivity contribution in [1.82, 2.24) is 4.90 Å². The second-order valence-corrected chi connectivity index (χ2v) is 6.28. The fourth-order valence-corrected chi connectivity index (χ4v) is 3.13. The number of piperazine rings is 1. The number of benzene rings is 2. The van der Waals surface area contributed by atoms with Crippen molar-refractivity contribution in [1.29, 1.82) is 0 Å². The second-order valence-electron chi connectivity index (χ2n) is 5.84. The summed E-state index contributed by atoms with van der Waals surface area (Å²) < 4.78 is 5.27. The van der Waals surface area contributed by atoms with Gasteiger partial charge in [0.15, 0.2) is 0 Å². The van der Waals surface area contributed by atoms with Crippen molar-refractivity contribution < 1.29 is 14.3 Å². The van der Waals surface area contributed by atoms with E-state index in [0.717, 1.165) is 5.69 Å². The molecule has 5 nitrogen and oxygen atoms in total. The van der Waals surface area contributed by atoms with Crippen molar-refractivity contribution in [3.63, 3.8) is 0 Å². The molecular formula is C19H19ClN2O3. The van der Waals surface area contributed by atoms with Gasteiger partial charge in [-0.3, -0.25) is 9.59 Å². The van der Waals surface area contributed by atoms with Gasteiger partial charge in [0.05, 0.1) is 12.7 Å². The third kappa shape index (κ3) is 3.33. The first-order chi connectivity index (χ1) is 12.0. The Labute approximate surface area is 151 Å². The Bertz CT molecular complexity index is 792. The van der Waals surface area contributed by atoms with Crippen LogP contribution >= 0.6 is 11.6 Å². The maximum atomic E-state index is 12.9. The quantitative estimate of drug-likeness (QED) is 0.846. The molecule has 0 N–H and O–H groups in total. The Kier molecular flexibility index (Phi) is 4.95. The highest BCUT2D eigenvalue weighted by Gasteiger charge is 2.36. The maximum absolute atomic E-state index is 12.9. The minimum absolute atomic E-state index is 0.114. The fraction of sp³-hybridized carbons (Fsp3) is 0.263. The molecule has 1 heterocycles. The first kappa shape index (κ1) is 17.3. The summed E-state index contributed by atoms with van der Waals surface area (Å²) in [6.07, 6.45) is 0. The van der Waals surface area contributed by atoms with E-state index in [2.05, 4.69) is 0 Å². The normalized spacial score (nSPS) is 17.6. The molecule has 1 fully saturated rings. The number of anilines is 1. The Morgan fingerprint density at radius 2 is 1.80 bits per heavy atom. The largest absolute Gasteiger partial charge is 0.496 e. The lowest BCUT2D eigenvalue weighted by atomic mass is 10.1. The van der Waals surface area contributed by atoms with Gasteiger partial charge in [0.25, 0.3) is 5.91 Å². The molecule has 25 heavy (non-hydrogen) atoms. The molecule has 0 saturated carbocycles. The molecule has 130 valence electrons. The molecule has 2 aromatic carbocycles. The molecule has 0 aliphatic carbocycles. The zero-order valence-corrected chi connectivity index (χ0v) is 14.9. The van der Waals surface area contributed by atoms with Crippen LogP contribution in [0.4, 0.5) is 5.69 Å². The van der Waals surface area contributed by atoms with Crippen molar-refractivity contribution in [2.75, 3.05) is 25.1 Å². The van der Waals surface area contributed by atoms with Gasteiger partial charge in [0.1, 0.15) is 11.8 Å². The van der Waals surface area contributed by atoms with Gasteiger partial charge in [0.2, 0.25) is 5.91 Å². The summed E-state index contributed by atoms with van der Waals surface area (Å²) in [5.74, 6) is 0.193. The molecular weight excluding hydrogens is 340 g/mol. The van der Waals surface area contributed by atoms with Gasteiger partial charge in [-0.1, -0.05) is 23.7 Å². The monoisotopic (exact) mass is 358 g/mol. The minimum atomic E-state index is -0.554. The van der Waals surface area contributed by atoms with Gasteiger partial charge >= 0.3 is 0 Å². The lowest BCUT2D eigenvalue weighted by molar-refractivity contribution is -0.124. The van der Waals surface area contributed by atoms with Crippen LogP contribution in [0.15, 0.2) is 48.5 Å². The maximum Gasteiger partial charge on any atom is 0.258 e. The first-order valence-electron chi connectivity index (χ1n) is 8.04. The summed E-state index contributed by atoms with van der Waals surface area (Å²) in [5.41, 5.74) is 1.25. The SMILES string of the molecule is COc1ccccc1C(=O)N1CCN(c2ccc(Cl)cc2)C(=O)C1C. The van der Waals surface area contributed by atoms with Gasteiger partial charge < -0.3 is 14.5 Å². The van der Waals surface area contributed by atoms with Crippen LogP contribution < -0.4 is 9.64 Å². The number of hydrogen-bond donors (Lipinski definition) is 0. The molecule has 1 atom stereocenters. The van der Waals surface area contributed by atoms with Crippen molar-refractivity contribution in [2.24, 2.45) is 0 Å². The van der Waals surface area contributed by atoms with E-state index in [0.29, 0.717) is 29.4 Å². The number of para-hydroxylation sites is 1. The van der Waals surface area contributed by atoms with E-state index in [4.69, 9.17) is 16.3 Å². The highest BCUT2D eigenvalue weighted by Crippen LogP contribution is 2.25. The zero-order valence-electron chi connectivity index (χ0n) is 14.1. The number of amides is 2. The molecule has 2 aromatic rings. The molecule has 0 spiro atoms. The summed E-state index contributed by atoms with van der Waals surface area (Å²) in [6, 6.07) is 13.6. The lowest BCUT2D eigenvalue weighted by Crippen LogP contribution is -2.57. The minimum Gasteiger partial charge on any atom is -0.496 e. The predicted octanol–water partition coefficient (Wildman–Crippen LogP) is 3.23. The summed E-state index contributed by atoms with van der Waals surface area (Å²) in [7, 11) is 1.53. The number of rotatable bonds is 3. The van der Waals surface area contributed by atoms with Crippen LogP contribution in [0, 0.1) is 0 Å². The van der Waals surface area contributed by atoms with Crippen LogP contribution in [0.5, 0.6) is 5.75 Å². The standard InChI is InChI=1S/C19H19ClN2O3/c1-13-18(23)22(15-9-7-14(20)8-10-15)12-11-21(13)19(24)16-5-3-4-6-17(16)25-2/h3-10,13H,11-12H2,1-2H3. The highest BCUT2D eigenvalue weighted by molar-refractivity contribution is 6.30. The van der Waals surface area contributed by atoms with Crippen molar-refractivity contribution in [2.45, 2.75) is 13.0 Å². The molecule has 0 bridgehead atoms. The van der Waals surface area contributed by atoms with E-state index in [1.807, 2.05) is 18.2 Å². The third-order valence-corrected chi connectivity index (χ3v) is 4.64. The number of ether oxygens (including phenoxy) is 1. The van der Waals surface area contributed by atoms with E-state index in [1.165, 1.54) is 7.11 Å². The van der Waals surface area contributed by atoms with Crippen molar-refractivity contribution >= 4 is 29.1 Å². The van der Waals surface area contributed by atoms with E-state index in [-0.39, 0.29) is 11.8 Å². The zero-order chi connectivity index (χ0) is 18.0. The number of halogens is 1.